The Balaban J connectivity index is 2.53. The summed E-state index contributed by atoms with van der Waals surface area (Å²) in [6, 6.07) is 5.93. The van der Waals surface area contributed by atoms with E-state index in [1.807, 2.05) is 18.2 Å². The minimum Gasteiger partial charge on any atom is -0.290 e. The van der Waals surface area contributed by atoms with Crippen molar-refractivity contribution in [3.8, 4) is 0 Å². The fourth-order valence-electron chi connectivity index (χ4n) is 2.33. The SMILES string of the molecule is Cc1ccc(C2=CC(=O)C=CC2=O)cc1C(C)(C)C. The molecule has 0 spiro atoms. The zero-order chi connectivity index (χ0) is 14.2. The third kappa shape index (κ3) is 2.73. The highest BCUT2D eigenvalue weighted by Crippen LogP contribution is 2.29. The monoisotopic (exact) mass is 254 g/mol. The first kappa shape index (κ1) is 13.5. The van der Waals surface area contributed by atoms with Gasteiger partial charge >= 0.3 is 0 Å². The average Bonchev–Trinajstić information content (AvgIpc) is 2.31. The van der Waals surface area contributed by atoms with E-state index < -0.39 is 0 Å². The Morgan fingerprint density at radius 3 is 2.32 bits per heavy atom. The van der Waals surface area contributed by atoms with Gasteiger partial charge in [0.15, 0.2) is 11.6 Å². The normalized spacial score (nSPS) is 15.7. The molecule has 0 fully saturated rings. The zero-order valence-electron chi connectivity index (χ0n) is 11.8. The van der Waals surface area contributed by atoms with E-state index in [0.29, 0.717) is 5.57 Å². The number of benzene rings is 1. The van der Waals surface area contributed by atoms with Crippen LogP contribution in [0.15, 0.2) is 36.4 Å². The summed E-state index contributed by atoms with van der Waals surface area (Å²) in [5.74, 6) is -0.240. The van der Waals surface area contributed by atoms with E-state index in [-0.39, 0.29) is 17.0 Å². The van der Waals surface area contributed by atoms with Crippen molar-refractivity contribution in [3.05, 3.63) is 53.1 Å². The molecule has 2 rings (SSSR count). The topological polar surface area (TPSA) is 34.1 Å². The van der Waals surface area contributed by atoms with Gasteiger partial charge in [-0.15, -0.1) is 0 Å². The second-order valence-corrected chi connectivity index (χ2v) is 5.94. The molecule has 0 atom stereocenters. The predicted octanol–water partition coefficient (Wildman–Crippen LogP) is 3.38. The molecule has 0 unspecified atom stereocenters. The van der Waals surface area contributed by atoms with Crippen molar-refractivity contribution in [1.29, 1.82) is 0 Å². The molecule has 0 aromatic heterocycles. The first-order valence-electron chi connectivity index (χ1n) is 6.38. The van der Waals surface area contributed by atoms with Crippen LogP contribution < -0.4 is 0 Å². The highest BCUT2D eigenvalue weighted by Gasteiger charge is 2.20. The van der Waals surface area contributed by atoms with E-state index in [4.69, 9.17) is 0 Å². The Morgan fingerprint density at radius 2 is 1.68 bits per heavy atom. The number of rotatable bonds is 1. The van der Waals surface area contributed by atoms with Crippen molar-refractivity contribution in [1.82, 2.24) is 0 Å². The first-order chi connectivity index (χ1) is 8.79. The molecule has 1 aromatic carbocycles. The van der Waals surface area contributed by atoms with E-state index in [1.165, 1.54) is 29.4 Å². The molecule has 1 aliphatic rings. The third-order valence-corrected chi connectivity index (χ3v) is 3.31. The highest BCUT2D eigenvalue weighted by molar-refractivity contribution is 6.33. The number of ketones is 2. The second-order valence-electron chi connectivity index (χ2n) is 5.94. The molecule has 19 heavy (non-hydrogen) atoms. The molecule has 0 amide bonds. The van der Waals surface area contributed by atoms with Crippen LogP contribution >= 0.6 is 0 Å². The van der Waals surface area contributed by atoms with Crippen LogP contribution in [0.2, 0.25) is 0 Å². The molecule has 0 aliphatic heterocycles. The van der Waals surface area contributed by atoms with Gasteiger partial charge in [-0.2, -0.15) is 0 Å². The van der Waals surface area contributed by atoms with Gasteiger partial charge in [-0.05, 0) is 47.3 Å². The summed E-state index contributed by atoms with van der Waals surface area (Å²) < 4.78 is 0. The van der Waals surface area contributed by atoms with Crippen molar-refractivity contribution in [2.24, 2.45) is 0 Å². The highest BCUT2D eigenvalue weighted by atomic mass is 16.1. The summed E-state index contributed by atoms with van der Waals surface area (Å²) in [6.45, 7) is 8.48. The number of carbonyl (C=O) groups is 2. The summed E-state index contributed by atoms with van der Waals surface area (Å²) in [5, 5.41) is 0. The van der Waals surface area contributed by atoms with Gasteiger partial charge in [0, 0.05) is 5.57 Å². The third-order valence-electron chi connectivity index (χ3n) is 3.31. The summed E-state index contributed by atoms with van der Waals surface area (Å²) in [6.07, 6.45) is 4.07. The summed E-state index contributed by atoms with van der Waals surface area (Å²) in [4.78, 5) is 23.3. The molecule has 0 saturated heterocycles. The lowest BCUT2D eigenvalue weighted by molar-refractivity contribution is -0.113. The van der Waals surface area contributed by atoms with E-state index in [9.17, 15) is 9.59 Å². The van der Waals surface area contributed by atoms with Gasteiger partial charge in [0.1, 0.15) is 0 Å². The van der Waals surface area contributed by atoms with Crippen molar-refractivity contribution in [2.45, 2.75) is 33.1 Å². The fourth-order valence-corrected chi connectivity index (χ4v) is 2.33. The van der Waals surface area contributed by atoms with Crippen molar-refractivity contribution in [2.75, 3.05) is 0 Å². The van der Waals surface area contributed by atoms with Crippen molar-refractivity contribution >= 4 is 17.1 Å². The molecule has 0 radical (unpaired) electrons. The Hall–Kier alpha value is -1.96. The van der Waals surface area contributed by atoms with E-state index >= 15 is 0 Å². The maximum Gasteiger partial charge on any atom is 0.186 e. The predicted molar refractivity (Wildman–Crippen MR) is 77.0 cm³/mol. The molecule has 0 heterocycles. The second kappa shape index (κ2) is 4.61. The van der Waals surface area contributed by atoms with E-state index in [1.54, 1.807) is 0 Å². The minimum absolute atomic E-state index is 0.0121. The minimum atomic E-state index is -0.132. The first-order valence-corrected chi connectivity index (χ1v) is 6.38. The van der Waals surface area contributed by atoms with Gasteiger partial charge in [-0.1, -0.05) is 39.0 Å². The lowest BCUT2D eigenvalue weighted by Crippen LogP contribution is -2.14. The van der Waals surface area contributed by atoms with E-state index in [2.05, 4.69) is 27.7 Å². The van der Waals surface area contributed by atoms with Gasteiger partial charge in [-0.25, -0.2) is 0 Å². The van der Waals surface area contributed by atoms with Gasteiger partial charge in [0.2, 0.25) is 0 Å². The molecule has 2 heteroatoms. The lowest BCUT2D eigenvalue weighted by atomic mass is 9.82. The standard InChI is InChI=1S/C17H18O2/c1-11-5-6-12(9-15(11)17(2,3)4)14-10-13(18)7-8-16(14)19/h5-10H,1-4H3. The largest absolute Gasteiger partial charge is 0.290 e. The molecule has 0 saturated carbocycles. The van der Waals surface area contributed by atoms with Crippen LogP contribution in [0.25, 0.3) is 5.57 Å². The Bertz CT molecular complexity index is 611. The Morgan fingerprint density at radius 1 is 1.00 bits per heavy atom. The summed E-state index contributed by atoms with van der Waals surface area (Å²) in [7, 11) is 0. The number of carbonyl (C=O) groups excluding carboxylic acids is 2. The zero-order valence-corrected chi connectivity index (χ0v) is 11.8. The van der Waals surface area contributed by atoms with Crippen molar-refractivity contribution < 1.29 is 9.59 Å². The maximum absolute atomic E-state index is 11.9. The van der Waals surface area contributed by atoms with E-state index in [0.717, 1.165) is 5.56 Å². The number of aryl methyl sites for hydroxylation is 1. The number of hydrogen-bond acceptors (Lipinski definition) is 2. The Labute approximate surface area is 113 Å². The summed E-state index contributed by atoms with van der Waals surface area (Å²) >= 11 is 0. The van der Waals surface area contributed by atoms with Gasteiger partial charge in [0.25, 0.3) is 0 Å². The Kier molecular flexibility index (Phi) is 3.27. The van der Waals surface area contributed by atoms with Crippen LogP contribution in [0.4, 0.5) is 0 Å². The molecule has 0 bridgehead atoms. The quantitative estimate of drug-likeness (QED) is 0.720. The molecule has 1 aromatic rings. The van der Waals surface area contributed by atoms with Crippen LogP contribution in [-0.4, -0.2) is 11.6 Å². The van der Waals surface area contributed by atoms with Gasteiger partial charge in [0.05, 0.1) is 0 Å². The number of hydrogen-bond donors (Lipinski definition) is 0. The smallest absolute Gasteiger partial charge is 0.186 e. The molecule has 0 N–H and O–H groups in total. The summed E-state index contributed by atoms with van der Waals surface area (Å²) in [5.41, 5.74) is 3.71. The van der Waals surface area contributed by atoms with Gasteiger partial charge < -0.3 is 0 Å². The van der Waals surface area contributed by atoms with Crippen LogP contribution in [0.3, 0.4) is 0 Å². The van der Waals surface area contributed by atoms with Crippen LogP contribution in [0, 0.1) is 6.92 Å². The van der Waals surface area contributed by atoms with Gasteiger partial charge in [-0.3, -0.25) is 9.59 Å². The maximum atomic E-state index is 11.9. The molecular weight excluding hydrogens is 236 g/mol. The molecule has 2 nitrogen and oxygen atoms in total. The van der Waals surface area contributed by atoms with Crippen LogP contribution in [0.5, 0.6) is 0 Å². The van der Waals surface area contributed by atoms with Crippen LogP contribution in [-0.2, 0) is 15.0 Å². The average molecular weight is 254 g/mol. The number of allylic oxidation sites excluding steroid dienone is 4. The van der Waals surface area contributed by atoms with Crippen molar-refractivity contribution in [3.63, 3.8) is 0 Å². The molecular formula is C17H18O2. The molecule has 98 valence electrons. The molecule has 1 aliphatic carbocycles. The van der Waals surface area contributed by atoms with Crippen LogP contribution in [0.1, 0.15) is 37.5 Å². The fraction of sp³-hybridized carbons (Fsp3) is 0.294. The lowest BCUT2D eigenvalue weighted by Gasteiger charge is -2.23.